The zero-order valence-corrected chi connectivity index (χ0v) is 20.3. The number of rotatable bonds is 3. The summed E-state index contributed by atoms with van der Waals surface area (Å²) in [7, 11) is 1.74. The van der Waals surface area contributed by atoms with Crippen molar-refractivity contribution in [2.75, 3.05) is 20.2 Å². The molecule has 2 aromatic carbocycles. The number of aromatic nitrogens is 1. The third-order valence-corrected chi connectivity index (χ3v) is 10.6. The van der Waals surface area contributed by atoms with Gasteiger partial charge < -0.3 is 19.1 Å². The van der Waals surface area contributed by atoms with Crippen LogP contribution >= 0.6 is 0 Å². The summed E-state index contributed by atoms with van der Waals surface area (Å²) in [5, 5.41) is 14.4. The summed E-state index contributed by atoms with van der Waals surface area (Å²) in [6, 6.07) is 11.3. The van der Waals surface area contributed by atoms with Crippen molar-refractivity contribution in [3.05, 3.63) is 58.3 Å². The number of likely N-dealkylation sites (tertiary alicyclic amines) is 1. The molecule has 1 N–H and O–H groups in total. The lowest BCUT2D eigenvalue weighted by Crippen LogP contribution is -2.74. The molecule has 1 saturated heterocycles. The molecular weight excluding hydrogens is 436 g/mol. The van der Waals surface area contributed by atoms with Gasteiger partial charge in [-0.15, -0.1) is 0 Å². The Morgan fingerprint density at radius 2 is 2.06 bits per heavy atom. The molecule has 0 radical (unpaired) electrons. The van der Waals surface area contributed by atoms with E-state index in [0.29, 0.717) is 0 Å². The molecule has 2 fully saturated rings. The standard InChI is InChI=1S/C30H32N2O3/c1-34-22-10-9-19-14-23-30(33)15-21-20-6-2-4-18-5-3-12-32(25(18)20)26(21)28-29(30,24(19)27(22)35-28)11-13-31(23)16-17-7-8-17/h2,4,6,9-10,17,23,28,33H,3,5,7-8,11-16H2,1H3/t23-,28-,29-,30+/m0/s1. The van der Waals surface area contributed by atoms with Crippen LogP contribution in [0.15, 0.2) is 30.3 Å². The Labute approximate surface area is 205 Å². The first-order valence-corrected chi connectivity index (χ1v) is 13.6. The molecule has 180 valence electrons. The van der Waals surface area contributed by atoms with E-state index in [1.54, 1.807) is 7.11 Å². The second-order valence-corrected chi connectivity index (χ2v) is 12.0. The van der Waals surface area contributed by atoms with Gasteiger partial charge in [0.25, 0.3) is 0 Å². The molecule has 3 aliphatic carbocycles. The van der Waals surface area contributed by atoms with E-state index < -0.39 is 11.0 Å². The largest absolute Gasteiger partial charge is 0.493 e. The number of ether oxygens (including phenoxy) is 2. The van der Waals surface area contributed by atoms with Gasteiger partial charge in [-0.2, -0.15) is 0 Å². The second kappa shape index (κ2) is 6.24. The highest BCUT2D eigenvalue weighted by Gasteiger charge is 2.73. The van der Waals surface area contributed by atoms with Crippen LogP contribution in [0.4, 0.5) is 0 Å². The van der Waals surface area contributed by atoms with E-state index in [0.717, 1.165) is 69.2 Å². The van der Waals surface area contributed by atoms with Crippen LogP contribution in [0, 0.1) is 5.92 Å². The normalized spacial score (nSPS) is 33.9. The number of fused-ring (bicyclic) bond motifs is 4. The minimum Gasteiger partial charge on any atom is -0.493 e. The van der Waals surface area contributed by atoms with E-state index in [1.807, 2.05) is 0 Å². The van der Waals surface area contributed by atoms with Crippen LogP contribution in [0.5, 0.6) is 11.5 Å². The number of benzene rings is 2. The van der Waals surface area contributed by atoms with Gasteiger partial charge >= 0.3 is 0 Å². The van der Waals surface area contributed by atoms with Crippen molar-refractivity contribution < 1.29 is 14.6 Å². The first-order valence-electron chi connectivity index (χ1n) is 13.6. The molecule has 1 saturated carbocycles. The summed E-state index contributed by atoms with van der Waals surface area (Å²) in [5.41, 5.74) is 6.86. The van der Waals surface area contributed by atoms with Gasteiger partial charge in [0, 0.05) is 36.5 Å². The van der Waals surface area contributed by atoms with Gasteiger partial charge in [-0.1, -0.05) is 24.3 Å². The lowest BCUT2D eigenvalue weighted by molar-refractivity contribution is -0.173. The highest BCUT2D eigenvalue weighted by molar-refractivity contribution is 5.90. The monoisotopic (exact) mass is 468 g/mol. The van der Waals surface area contributed by atoms with Gasteiger partial charge in [0.15, 0.2) is 17.6 Å². The van der Waals surface area contributed by atoms with Gasteiger partial charge in [-0.05, 0) is 73.7 Å². The van der Waals surface area contributed by atoms with Crippen molar-refractivity contribution in [3.63, 3.8) is 0 Å². The van der Waals surface area contributed by atoms with Crippen LogP contribution in [0.3, 0.4) is 0 Å². The van der Waals surface area contributed by atoms with Gasteiger partial charge in [0.1, 0.15) is 0 Å². The minimum atomic E-state index is -0.842. The number of hydrogen-bond donors (Lipinski definition) is 1. The number of nitrogens with zero attached hydrogens (tertiary/aromatic N) is 2. The van der Waals surface area contributed by atoms with Crippen molar-refractivity contribution in [2.45, 2.75) is 74.7 Å². The third-order valence-electron chi connectivity index (χ3n) is 10.6. The molecule has 35 heavy (non-hydrogen) atoms. The van der Waals surface area contributed by atoms with Crippen molar-refractivity contribution in [1.29, 1.82) is 0 Å². The molecular formula is C30H32N2O3. The minimum absolute atomic E-state index is 0.134. The lowest BCUT2D eigenvalue weighted by Gasteiger charge is -2.63. The maximum Gasteiger partial charge on any atom is 0.166 e. The maximum absolute atomic E-state index is 13.1. The summed E-state index contributed by atoms with van der Waals surface area (Å²) in [5.74, 6) is 2.52. The summed E-state index contributed by atoms with van der Waals surface area (Å²) >= 11 is 0. The van der Waals surface area contributed by atoms with Crippen LogP contribution in [-0.4, -0.2) is 46.4 Å². The Hall–Kier alpha value is -2.50. The SMILES string of the molecule is COc1ccc2c3c1O[C@H]1c4c(c5cccc6c5n4CCC6)C[C@@]4(O)[C@H](C2)N(CC2CC2)CC[C@]314. The van der Waals surface area contributed by atoms with Crippen molar-refractivity contribution >= 4 is 10.9 Å². The average molecular weight is 469 g/mol. The van der Waals surface area contributed by atoms with E-state index in [2.05, 4.69) is 39.8 Å². The highest BCUT2D eigenvalue weighted by atomic mass is 16.5. The van der Waals surface area contributed by atoms with E-state index >= 15 is 0 Å². The molecule has 1 spiro atoms. The molecule has 0 amide bonds. The molecule has 4 heterocycles. The second-order valence-electron chi connectivity index (χ2n) is 12.0. The number of aryl methyl sites for hydroxylation is 2. The Kier molecular flexibility index (Phi) is 3.51. The fourth-order valence-electron chi connectivity index (χ4n) is 9.00. The van der Waals surface area contributed by atoms with E-state index in [-0.39, 0.29) is 12.1 Å². The average Bonchev–Trinajstić information content (AvgIpc) is 3.54. The van der Waals surface area contributed by atoms with Crippen LogP contribution in [0.25, 0.3) is 10.9 Å². The predicted molar refractivity (Wildman–Crippen MR) is 133 cm³/mol. The van der Waals surface area contributed by atoms with Gasteiger partial charge in [0.05, 0.1) is 29.3 Å². The van der Waals surface area contributed by atoms with E-state index in [1.165, 1.54) is 51.7 Å². The molecule has 4 atom stereocenters. The number of aliphatic hydroxyl groups is 1. The quantitative estimate of drug-likeness (QED) is 0.623. The summed E-state index contributed by atoms with van der Waals surface area (Å²) in [4.78, 5) is 2.65. The first kappa shape index (κ1) is 19.7. The van der Waals surface area contributed by atoms with E-state index in [4.69, 9.17) is 9.47 Å². The Morgan fingerprint density at radius 3 is 2.91 bits per heavy atom. The number of para-hydroxylation sites is 1. The molecule has 9 rings (SSSR count). The molecule has 0 unspecified atom stereocenters. The fraction of sp³-hybridized carbons (Fsp3) is 0.533. The molecule has 1 aromatic heterocycles. The number of piperidine rings is 1. The van der Waals surface area contributed by atoms with Crippen LogP contribution in [-0.2, 0) is 31.2 Å². The van der Waals surface area contributed by atoms with Gasteiger partial charge in [-0.25, -0.2) is 0 Å². The lowest BCUT2D eigenvalue weighted by atomic mass is 9.49. The zero-order valence-electron chi connectivity index (χ0n) is 20.3. The molecule has 3 aliphatic heterocycles. The Balaban J connectivity index is 1.36. The summed E-state index contributed by atoms with van der Waals surface area (Å²) in [6.07, 6.45) is 7.38. The van der Waals surface area contributed by atoms with Crippen LogP contribution < -0.4 is 9.47 Å². The molecule has 5 nitrogen and oxygen atoms in total. The molecule has 6 aliphatic rings. The topological polar surface area (TPSA) is 46.9 Å². The third kappa shape index (κ3) is 2.13. The Morgan fingerprint density at radius 1 is 1.14 bits per heavy atom. The first-order chi connectivity index (χ1) is 17.1. The fourth-order valence-corrected chi connectivity index (χ4v) is 9.00. The highest BCUT2D eigenvalue weighted by Crippen LogP contribution is 2.69. The van der Waals surface area contributed by atoms with Gasteiger partial charge in [0.2, 0.25) is 0 Å². The van der Waals surface area contributed by atoms with Crippen molar-refractivity contribution in [3.8, 4) is 11.5 Å². The number of hydrogen-bond acceptors (Lipinski definition) is 4. The predicted octanol–water partition coefficient (Wildman–Crippen LogP) is 4.30. The van der Waals surface area contributed by atoms with Crippen LogP contribution in [0.1, 0.15) is 59.7 Å². The van der Waals surface area contributed by atoms with Crippen molar-refractivity contribution in [1.82, 2.24) is 9.47 Å². The van der Waals surface area contributed by atoms with Crippen LogP contribution in [0.2, 0.25) is 0 Å². The van der Waals surface area contributed by atoms with Crippen molar-refractivity contribution in [2.24, 2.45) is 5.92 Å². The van der Waals surface area contributed by atoms with E-state index in [9.17, 15) is 5.11 Å². The Bertz CT molecular complexity index is 1440. The smallest absolute Gasteiger partial charge is 0.166 e. The maximum atomic E-state index is 13.1. The molecule has 5 heteroatoms. The summed E-state index contributed by atoms with van der Waals surface area (Å²) < 4.78 is 15.4. The number of methoxy groups -OCH3 is 1. The summed E-state index contributed by atoms with van der Waals surface area (Å²) in [6.45, 7) is 3.21. The molecule has 2 bridgehead atoms. The van der Waals surface area contributed by atoms with Gasteiger partial charge in [-0.3, -0.25) is 4.90 Å². The zero-order chi connectivity index (χ0) is 23.1. The molecule has 3 aromatic rings.